The highest BCUT2D eigenvalue weighted by Crippen LogP contribution is 2.20. The number of carbonyl (C=O) groups is 2. The van der Waals surface area contributed by atoms with Crippen molar-refractivity contribution in [2.24, 2.45) is 0 Å². The molecular formula is C26H33N3O4Si. The van der Waals surface area contributed by atoms with Crippen molar-refractivity contribution >= 4 is 25.0 Å². The van der Waals surface area contributed by atoms with Crippen molar-refractivity contribution in [2.75, 3.05) is 7.11 Å². The second kappa shape index (κ2) is 10.7. The van der Waals surface area contributed by atoms with E-state index in [4.69, 9.17) is 4.74 Å². The summed E-state index contributed by atoms with van der Waals surface area (Å²) in [6, 6.07) is 14.4. The summed E-state index contributed by atoms with van der Waals surface area (Å²) in [6.45, 7) is 9.33. The molecule has 0 spiro atoms. The molecule has 0 aliphatic heterocycles. The lowest BCUT2D eigenvalue weighted by Gasteiger charge is -2.19. The number of aryl methyl sites for hydroxylation is 1. The van der Waals surface area contributed by atoms with Gasteiger partial charge in [0.1, 0.15) is 11.8 Å². The predicted molar refractivity (Wildman–Crippen MR) is 136 cm³/mol. The molecule has 8 heteroatoms. The number of amides is 1. The number of hydrogen-bond donors (Lipinski definition) is 2. The van der Waals surface area contributed by atoms with Crippen LogP contribution in [-0.4, -0.2) is 36.7 Å². The number of aromatic amines is 1. The van der Waals surface area contributed by atoms with Crippen LogP contribution in [0.5, 0.6) is 5.75 Å². The van der Waals surface area contributed by atoms with Gasteiger partial charge in [0.25, 0.3) is 5.56 Å². The van der Waals surface area contributed by atoms with Gasteiger partial charge in [-0.2, -0.15) is 0 Å². The van der Waals surface area contributed by atoms with Gasteiger partial charge in [-0.3, -0.25) is 24.2 Å². The van der Waals surface area contributed by atoms with Crippen molar-refractivity contribution < 1.29 is 14.3 Å². The van der Waals surface area contributed by atoms with Crippen molar-refractivity contribution in [2.45, 2.75) is 52.0 Å². The summed E-state index contributed by atoms with van der Waals surface area (Å²) in [5.74, 6) is 0.151. The summed E-state index contributed by atoms with van der Waals surface area (Å²) in [7, 11) is 0.145. The number of rotatable bonds is 10. The lowest BCUT2D eigenvalue weighted by atomic mass is 9.97. The van der Waals surface area contributed by atoms with E-state index in [1.165, 1.54) is 5.19 Å². The first-order chi connectivity index (χ1) is 16.1. The minimum absolute atomic E-state index is 0.104. The number of methoxy groups -OCH3 is 1. The lowest BCUT2D eigenvalue weighted by molar-refractivity contribution is -0.127. The molecule has 34 heavy (non-hydrogen) atoms. The Hall–Kier alpha value is -3.39. The number of carbonyl (C=O) groups excluding carboxylic acids is 2. The van der Waals surface area contributed by atoms with E-state index in [-0.39, 0.29) is 30.1 Å². The van der Waals surface area contributed by atoms with Crippen LogP contribution in [0, 0.1) is 0 Å². The van der Waals surface area contributed by atoms with Gasteiger partial charge in [-0.25, -0.2) is 0 Å². The van der Waals surface area contributed by atoms with Crippen LogP contribution in [0.25, 0.3) is 0 Å². The molecule has 7 nitrogen and oxygen atoms in total. The second-order valence-corrected chi connectivity index (χ2v) is 14.5. The van der Waals surface area contributed by atoms with E-state index in [0.717, 1.165) is 5.56 Å². The van der Waals surface area contributed by atoms with Gasteiger partial charge in [0.05, 0.1) is 21.6 Å². The molecule has 1 atom stereocenters. The molecule has 0 aliphatic rings. The third-order valence-electron chi connectivity index (χ3n) is 5.81. The van der Waals surface area contributed by atoms with Gasteiger partial charge in [0.15, 0.2) is 5.78 Å². The first-order valence-electron chi connectivity index (χ1n) is 11.4. The van der Waals surface area contributed by atoms with Gasteiger partial charge in [-0.1, -0.05) is 61.2 Å². The zero-order chi connectivity index (χ0) is 24.9. The molecule has 0 aliphatic carbocycles. The maximum atomic E-state index is 13.3. The Morgan fingerprint density at radius 2 is 1.68 bits per heavy atom. The maximum Gasteiger partial charge on any atom is 0.267 e. The Kier molecular flexibility index (Phi) is 7.93. The number of aromatic nitrogens is 2. The quantitative estimate of drug-likeness (QED) is 0.437. The van der Waals surface area contributed by atoms with Crippen LogP contribution in [0.4, 0.5) is 0 Å². The fourth-order valence-corrected chi connectivity index (χ4v) is 4.90. The van der Waals surface area contributed by atoms with E-state index in [1.807, 2.05) is 19.1 Å². The fourth-order valence-electron chi connectivity index (χ4n) is 3.73. The van der Waals surface area contributed by atoms with Gasteiger partial charge >= 0.3 is 0 Å². The first kappa shape index (κ1) is 25.2. The zero-order valence-electron chi connectivity index (χ0n) is 20.5. The van der Waals surface area contributed by atoms with Crippen LogP contribution in [0.2, 0.25) is 19.6 Å². The molecule has 0 saturated heterocycles. The number of benzene rings is 2. The Balaban J connectivity index is 1.81. The fraction of sp³-hybridized carbons (Fsp3) is 0.346. The third-order valence-corrected chi connectivity index (χ3v) is 7.88. The van der Waals surface area contributed by atoms with E-state index in [2.05, 4.69) is 42.2 Å². The number of hydrogen-bond acceptors (Lipinski definition) is 4. The number of ether oxygens (including phenoxy) is 1. The SMILES string of the molecule is CCn1cc(CC(=O)NC(C(=O)Cc2ccc([Si](C)(C)C)cc2)c2ccc(OC)cc2)c(=O)[nH]1. The number of H-pyrrole nitrogens is 1. The Morgan fingerprint density at radius 1 is 1.03 bits per heavy atom. The molecule has 3 rings (SSSR count). The molecule has 1 heterocycles. The van der Waals surface area contributed by atoms with E-state index in [9.17, 15) is 14.4 Å². The molecule has 0 saturated carbocycles. The average molecular weight is 480 g/mol. The minimum atomic E-state index is -1.43. The molecule has 180 valence electrons. The molecule has 2 aromatic carbocycles. The largest absolute Gasteiger partial charge is 0.497 e. The number of ketones is 1. The number of Topliss-reactive ketones (excluding diaryl/α,β-unsaturated/α-hetero) is 1. The molecule has 0 bridgehead atoms. The van der Waals surface area contributed by atoms with E-state index < -0.39 is 14.1 Å². The van der Waals surface area contributed by atoms with Gasteiger partial charge in [-0.05, 0) is 30.2 Å². The predicted octanol–water partition coefficient (Wildman–Crippen LogP) is 2.96. The van der Waals surface area contributed by atoms with Crippen molar-refractivity contribution in [1.29, 1.82) is 0 Å². The van der Waals surface area contributed by atoms with Gasteiger partial charge in [-0.15, -0.1) is 0 Å². The molecule has 2 N–H and O–H groups in total. The summed E-state index contributed by atoms with van der Waals surface area (Å²) in [4.78, 5) is 38.3. The Labute approximate surface area is 201 Å². The molecule has 1 aromatic heterocycles. The standard InChI is InChI=1S/C26H33N3O4Si/c1-6-29-17-20(26(32)28-29)16-24(31)27-25(19-9-11-21(33-2)12-10-19)23(30)15-18-7-13-22(14-8-18)34(3,4)5/h7-14,17,25H,6,15-16H2,1-5H3,(H,27,31)(H,28,32). The van der Waals surface area contributed by atoms with E-state index in [0.29, 0.717) is 23.4 Å². The highest BCUT2D eigenvalue weighted by atomic mass is 28.3. The smallest absolute Gasteiger partial charge is 0.267 e. The Morgan fingerprint density at radius 3 is 2.21 bits per heavy atom. The average Bonchev–Trinajstić information content (AvgIpc) is 3.16. The van der Waals surface area contributed by atoms with Crippen molar-refractivity contribution in [3.8, 4) is 5.75 Å². The van der Waals surface area contributed by atoms with Gasteiger partial charge < -0.3 is 10.1 Å². The molecule has 1 amide bonds. The first-order valence-corrected chi connectivity index (χ1v) is 14.9. The molecular weight excluding hydrogens is 446 g/mol. The minimum Gasteiger partial charge on any atom is -0.497 e. The normalized spacial score (nSPS) is 12.3. The Bertz CT molecular complexity index is 1190. The molecule has 3 aromatic rings. The summed E-state index contributed by atoms with van der Waals surface area (Å²) in [6.07, 6.45) is 1.72. The van der Waals surface area contributed by atoms with Crippen LogP contribution < -0.4 is 20.8 Å². The van der Waals surface area contributed by atoms with Gasteiger partial charge in [0, 0.05) is 24.7 Å². The maximum absolute atomic E-state index is 13.3. The third kappa shape index (κ3) is 6.35. The van der Waals surface area contributed by atoms with Crippen LogP contribution in [-0.2, 0) is 29.0 Å². The summed E-state index contributed by atoms with van der Waals surface area (Å²) in [5.41, 5.74) is 1.63. The number of nitrogens with zero attached hydrogens (tertiary/aromatic N) is 1. The van der Waals surface area contributed by atoms with E-state index in [1.54, 1.807) is 42.3 Å². The highest BCUT2D eigenvalue weighted by Gasteiger charge is 2.24. The summed E-state index contributed by atoms with van der Waals surface area (Å²) < 4.78 is 6.85. The van der Waals surface area contributed by atoms with Crippen LogP contribution >= 0.6 is 0 Å². The van der Waals surface area contributed by atoms with Crippen LogP contribution in [0.1, 0.15) is 29.7 Å². The van der Waals surface area contributed by atoms with Crippen molar-refractivity contribution in [3.05, 3.63) is 81.8 Å². The highest BCUT2D eigenvalue weighted by molar-refractivity contribution is 6.88. The van der Waals surface area contributed by atoms with Crippen LogP contribution in [0.15, 0.2) is 59.5 Å². The van der Waals surface area contributed by atoms with E-state index >= 15 is 0 Å². The number of nitrogens with one attached hydrogen (secondary N) is 2. The monoisotopic (exact) mass is 479 g/mol. The topological polar surface area (TPSA) is 93.2 Å². The van der Waals surface area contributed by atoms with Gasteiger partial charge in [0.2, 0.25) is 5.91 Å². The summed E-state index contributed by atoms with van der Waals surface area (Å²) in [5, 5.41) is 6.84. The zero-order valence-corrected chi connectivity index (χ0v) is 21.5. The van der Waals surface area contributed by atoms with Crippen molar-refractivity contribution in [3.63, 3.8) is 0 Å². The lowest BCUT2D eigenvalue weighted by Crippen LogP contribution is -2.37. The molecule has 0 radical (unpaired) electrons. The molecule has 1 unspecified atom stereocenters. The second-order valence-electron chi connectivity index (χ2n) is 9.42. The van der Waals surface area contributed by atoms with Crippen molar-refractivity contribution in [1.82, 2.24) is 15.1 Å². The summed E-state index contributed by atoms with van der Waals surface area (Å²) >= 11 is 0. The molecule has 0 fully saturated rings. The van der Waals surface area contributed by atoms with Crippen LogP contribution in [0.3, 0.4) is 0 Å².